The highest BCUT2D eigenvalue weighted by atomic mass is 15.3. The highest BCUT2D eigenvalue weighted by Gasteiger charge is 2.20. The second-order valence-electron chi connectivity index (χ2n) is 5.93. The van der Waals surface area contributed by atoms with Crippen molar-refractivity contribution in [3.8, 4) is 5.82 Å². The zero-order valence-corrected chi connectivity index (χ0v) is 12.3. The minimum Gasteiger partial charge on any atom is -0.308 e. The Balaban J connectivity index is 2.22. The first-order chi connectivity index (χ1) is 9.99. The van der Waals surface area contributed by atoms with Crippen LogP contribution in [0.15, 0.2) is 36.7 Å². The van der Waals surface area contributed by atoms with E-state index in [2.05, 4.69) is 41.1 Å². The van der Waals surface area contributed by atoms with Gasteiger partial charge in [0.2, 0.25) is 0 Å². The Morgan fingerprint density at radius 2 is 1.90 bits per heavy atom. The van der Waals surface area contributed by atoms with Crippen molar-refractivity contribution in [1.29, 1.82) is 0 Å². The SMILES string of the molecule is CC(C)(C)c1nc(NN)cc(-n2cnc3ccccc32)n1. The van der Waals surface area contributed by atoms with Gasteiger partial charge in [0.25, 0.3) is 0 Å². The summed E-state index contributed by atoms with van der Waals surface area (Å²) in [7, 11) is 0. The highest BCUT2D eigenvalue weighted by molar-refractivity contribution is 5.76. The van der Waals surface area contributed by atoms with E-state index in [1.807, 2.05) is 34.9 Å². The first-order valence-corrected chi connectivity index (χ1v) is 6.78. The quantitative estimate of drug-likeness (QED) is 0.557. The molecule has 0 aliphatic rings. The maximum Gasteiger partial charge on any atom is 0.145 e. The fourth-order valence-corrected chi connectivity index (χ4v) is 2.11. The summed E-state index contributed by atoms with van der Waals surface area (Å²) in [5.74, 6) is 7.59. The van der Waals surface area contributed by atoms with Gasteiger partial charge in [-0.1, -0.05) is 32.9 Å². The number of benzene rings is 1. The molecule has 0 bridgehead atoms. The van der Waals surface area contributed by atoms with E-state index in [1.165, 1.54) is 0 Å². The smallest absolute Gasteiger partial charge is 0.145 e. The number of hydrogen-bond acceptors (Lipinski definition) is 5. The summed E-state index contributed by atoms with van der Waals surface area (Å²) in [5.41, 5.74) is 4.36. The number of hydrazine groups is 1. The molecule has 108 valence electrons. The Hall–Kier alpha value is -2.47. The van der Waals surface area contributed by atoms with Crippen LogP contribution in [0.25, 0.3) is 16.9 Å². The van der Waals surface area contributed by atoms with Gasteiger partial charge in [-0.15, -0.1) is 0 Å². The number of nitrogen functional groups attached to an aromatic ring is 1. The van der Waals surface area contributed by atoms with Gasteiger partial charge in [0, 0.05) is 11.5 Å². The largest absolute Gasteiger partial charge is 0.308 e. The number of nitrogens with two attached hydrogens (primary N) is 1. The van der Waals surface area contributed by atoms with Crippen LogP contribution in [0.1, 0.15) is 26.6 Å². The van der Waals surface area contributed by atoms with E-state index >= 15 is 0 Å². The first kappa shape index (κ1) is 13.5. The van der Waals surface area contributed by atoms with Crippen LogP contribution in [0.4, 0.5) is 5.82 Å². The van der Waals surface area contributed by atoms with Crippen molar-refractivity contribution in [3.63, 3.8) is 0 Å². The van der Waals surface area contributed by atoms with Crippen molar-refractivity contribution in [2.45, 2.75) is 26.2 Å². The lowest BCUT2D eigenvalue weighted by molar-refractivity contribution is 0.544. The van der Waals surface area contributed by atoms with Gasteiger partial charge in [0.15, 0.2) is 0 Å². The Labute approximate surface area is 123 Å². The van der Waals surface area contributed by atoms with Crippen LogP contribution < -0.4 is 11.3 Å². The average molecular weight is 282 g/mol. The first-order valence-electron chi connectivity index (χ1n) is 6.78. The molecule has 0 saturated carbocycles. The second kappa shape index (κ2) is 4.82. The van der Waals surface area contributed by atoms with E-state index < -0.39 is 0 Å². The number of nitrogens with zero attached hydrogens (tertiary/aromatic N) is 4. The summed E-state index contributed by atoms with van der Waals surface area (Å²) >= 11 is 0. The van der Waals surface area contributed by atoms with Gasteiger partial charge in [-0.2, -0.15) is 0 Å². The predicted molar refractivity (Wildman–Crippen MR) is 83.2 cm³/mol. The van der Waals surface area contributed by atoms with Gasteiger partial charge in [-0.05, 0) is 12.1 Å². The summed E-state index contributed by atoms with van der Waals surface area (Å²) in [6.07, 6.45) is 1.76. The van der Waals surface area contributed by atoms with Crippen molar-refractivity contribution >= 4 is 16.9 Å². The van der Waals surface area contributed by atoms with Crippen molar-refractivity contribution in [1.82, 2.24) is 19.5 Å². The molecule has 0 spiro atoms. The fraction of sp³-hybridized carbons (Fsp3) is 0.267. The third-order valence-corrected chi connectivity index (χ3v) is 3.23. The van der Waals surface area contributed by atoms with Gasteiger partial charge in [0.1, 0.15) is 23.8 Å². The molecule has 6 nitrogen and oxygen atoms in total. The van der Waals surface area contributed by atoms with Gasteiger partial charge in [-0.3, -0.25) is 4.57 Å². The van der Waals surface area contributed by atoms with Crippen molar-refractivity contribution in [2.24, 2.45) is 5.84 Å². The van der Waals surface area contributed by atoms with Gasteiger partial charge >= 0.3 is 0 Å². The van der Waals surface area contributed by atoms with E-state index in [0.29, 0.717) is 5.82 Å². The summed E-state index contributed by atoms with van der Waals surface area (Å²) in [5, 5.41) is 0. The topological polar surface area (TPSA) is 81.6 Å². The summed E-state index contributed by atoms with van der Waals surface area (Å²) < 4.78 is 1.94. The number of rotatable bonds is 2. The average Bonchev–Trinajstić information content (AvgIpc) is 2.89. The minimum atomic E-state index is -0.169. The van der Waals surface area contributed by atoms with Crippen molar-refractivity contribution in [2.75, 3.05) is 5.43 Å². The lowest BCUT2D eigenvalue weighted by atomic mass is 9.96. The molecule has 0 fully saturated rings. The molecule has 3 N–H and O–H groups in total. The number of nitrogens with one attached hydrogen (secondary N) is 1. The third kappa shape index (κ3) is 2.45. The number of fused-ring (bicyclic) bond motifs is 1. The molecule has 0 aliphatic carbocycles. The molecule has 0 radical (unpaired) electrons. The Bertz CT molecular complexity index is 784. The molecule has 2 heterocycles. The normalized spacial score (nSPS) is 11.8. The van der Waals surface area contributed by atoms with Crippen LogP contribution in [0, 0.1) is 0 Å². The zero-order chi connectivity index (χ0) is 15.0. The van der Waals surface area contributed by atoms with Gasteiger partial charge < -0.3 is 5.43 Å². The van der Waals surface area contributed by atoms with Crippen LogP contribution in [-0.2, 0) is 5.41 Å². The summed E-state index contributed by atoms with van der Waals surface area (Å²) in [6, 6.07) is 9.74. The molecule has 21 heavy (non-hydrogen) atoms. The molecular weight excluding hydrogens is 264 g/mol. The zero-order valence-electron chi connectivity index (χ0n) is 12.3. The third-order valence-electron chi connectivity index (χ3n) is 3.23. The molecule has 0 aliphatic heterocycles. The van der Waals surface area contributed by atoms with Gasteiger partial charge in [0.05, 0.1) is 11.0 Å². The maximum atomic E-state index is 5.53. The van der Waals surface area contributed by atoms with E-state index in [1.54, 1.807) is 6.33 Å². The highest BCUT2D eigenvalue weighted by Crippen LogP contribution is 2.23. The van der Waals surface area contributed by atoms with Gasteiger partial charge in [-0.25, -0.2) is 20.8 Å². The van der Waals surface area contributed by atoms with Crippen LogP contribution in [0.3, 0.4) is 0 Å². The molecule has 0 unspecified atom stereocenters. The number of para-hydroxylation sites is 2. The molecule has 0 amide bonds. The predicted octanol–water partition coefficient (Wildman–Crippen LogP) is 2.40. The minimum absolute atomic E-state index is 0.169. The lowest BCUT2D eigenvalue weighted by Crippen LogP contribution is -2.20. The Morgan fingerprint density at radius 1 is 1.14 bits per heavy atom. The molecular formula is C15H18N6. The van der Waals surface area contributed by atoms with E-state index in [9.17, 15) is 0 Å². The van der Waals surface area contributed by atoms with Crippen LogP contribution in [0.2, 0.25) is 0 Å². The van der Waals surface area contributed by atoms with E-state index in [-0.39, 0.29) is 5.41 Å². The number of hydrogen-bond donors (Lipinski definition) is 2. The van der Waals surface area contributed by atoms with E-state index in [0.717, 1.165) is 22.7 Å². The Morgan fingerprint density at radius 3 is 2.62 bits per heavy atom. The number of imidazole rings is 1. The van der Waals surface area contributed by atoms with Crippen LogP contribution >= 0.6 is 0 Å². The maximum absolute atomic E-state index is 5.53. The fourth-order valence-electron chi connectivity index (χ4n) is 2.11. The standard InChI is InChI=1S/C15H18N6/c1-15(2,3)14-18-12(20-16)8-13(19-14)21-9-17-10-6-4-5-7-11(10)21/h4-9H,16H2,1-3H3,(H,18,19,20). The summed E-state index contributed by atoms with van der Waals surface area (Å²) in [4.78, 5) is 13.5. The lowest BCUT2D eigenvalue weighted by Gasteiger charge is -2.18. The molecule has 3 aromatic rings. The molecule has 1 aromatic carbocycles. The number of anilines is 1. The molecule has 2 aromatic heterocycles. The van der Waals surface area contributed by atoms with Crippen molar-refractivity contribution < 1.29 is 0 Å². The second-order valence-corrected chi connectivity index (χ2v) is 5.93. The Kier molecular flexibility index (Phi) is 3.10. The van der Waals surface area contributed by atoms with E-state index in [4.69, 9.17) is 5.84 Å². The van der Waals surface area contributed by atoms with Crippen molar-refractivity contribution in [3.05, 3.63) is 42.5 Å². The van der Waals surface area contributed by atoms with Crippen LogP contribution in [-0.4, -0.2) is 19.5 Å². The molecule has 0 saturated heterocycles. The number of aromatic nitrogens is 4. The monoisotopic (exact) mass is 282 g/mol. The molecule has 6 heteroatoms. The molecule has 3 rings (SSSR count). The van der Waals surface area contributed by atoms with Crippen LogP contribution in [0.5, 0.6) is 0 Å². The summed E-state index contributed by atoms with van der Waals surface area (Å²) in [6.45, 7) is 6.20. The molecule has 0 atom stereocenters.